The average molecular weight is 629 g/mol. The molecule has 2 aromatic heterocycles. The fourth-order valence-corrected chi connectivity index (χ4v) is 8.78. The lowest BCUT2D eigenvalue weighted by molar-refractivity contribution is -0.130. The first-order chi connectivity index (χ1) is 22.3. The van der Waals surface area contributed by atoms with Crippen molar-refractivity contribution in [3.63, 3.8) is 0 Å². The number of aryl methyl sites for hydroxylation is 1. The lowest BCUT2D eigenvalue weighted by Crippen LogP contribution is -2.63. The van der Waals surface area contributed by atoms with Gasteiger partial charge in [0.2, 0.25) is 5.88 Å². The summed E-state index contributed by atoms with van der Waals surface area (Å²) in [5, 5.41) is 10.9. The highest BCUT2D eigenvalue weighted by Gasteiger charge is 2.52. The number of ether oxygens (including phenoxy) is 1. The zero-order valence-corrected chi connectivity index (χ0v) is 25.6. The number of nitriles is 1. The fourth-order valence-electron chi connectivity index (χ4n) is 8.78. The number of nitrogens with zero attached hydrogens (tertiary/aromatic N) is 6. The van der Waals surface area contributed by atoms with Crippen LogP contribution in [0.1, 0.15) is 55.2 Å². The first-order valence-electron chi connectivity index (χ1n) is 16.3. The van der Waals surface area contributed by atoms with Gasteiger partial charge < -0.3 is 14.5 Å². The van der Waals surface area contributed by atoms with Gasteiger partial charge >= 0.3 is 0 Å². The van der Waals surface area contributed by atoms with Crippen LogP contribution in [-0.2, 0) is 17.6 Å². The van der Waals surface area contributed by atoms with Gasteiger partial charge in [-0.1, -0.05) is 24.8 Å². The Morgan fingerprint density at radius 3 is 2.85 bits per heavy atom. The van der Waals surface area contributed by atoms with Crippen LogP contribution in [0.25, 0.3) is 22.2 Å². The lowest BCUT2D eigenvalue weighted by Gasteiger charge is -2.48. The highest BCUT2D eigenvalue weighted by molar-refractivity contribution is 5.98. The van der Waals surface area contributed by atoms with E-state index in [9.17, 15) is 18.8 Å². The Bertz CT molecular complexity index is 1830. The molecule has 1 aliphatic carbocycles. The van der Waals surface area contributed by atoms with Crippen molar-refractivity contribution < 1.29 is 22.7 Å². The molecule has 8 nitrogen and oxygen atoms in total. The minimum Gasteiger partial charge on any atom is -0.475 e. The van der Waals surface area contributed by atoms with Crippen molar-refractivity contribution in [2.75, 3.05) is 37.7 Å². The van der Waals surface area contributed by atoms with Crippen LogP contribution < -0.4 is 9.64 Å². The molecule has 8 rings (SSSR count). The van der Waals surface area contributed by atoms with Crippen LogP contribution in [0.4, 0.5) is 18.9 Å². The predicted molar refractivity (Wildman–Crippen MR) is 166 cm³/mol. The van der Waals surface area contributed by atoms with Crippen molar-refractivity contribution in [3.8, 4) is 23.2 Å². The van der Waals surface area contributed by atoms with E-state index in [-0.39, 0.29) is 41.3 Å². The molecule has 1 aromatic carbocycles. The number of halogens is 3. The Morgan fingerprint density at radius 2 is 2.02 bits per heavy atom. The second kappa shape index (κ2) is 11.0. The molecule has 0 saturated carbocycles. The van der Waals surface area contributed by atoms with Gasteiger partial charge in [-0.15, -0.1) is 0 Å². The number of amides is 1. The summed E-state index contributed by atoms with van der Waals surface area (Å²) in [5.41, 5.74) is 3.40. The number of aromatic nitrogens is 2. The Balaban J connectivity index is 1.24. The third kappa shape index (κ3) is 4.40. The van der Waals surface area contributed by atoms with E-state index < -0.39 is 29.3 Å². The van der Waals surface area contributed by atoms with Crippen LogP contribution in [0.5, 0.6) is 5.88 Å². The van der Waals surface area contributed by atoms with E-state index >= 15 is 4.39 Å². The van der Waals surface area contributed by atoms with E-state index in [0.29, 0.717) is 43.5 Å². The van der Waals surface area contributed by atoms with Crippen LogP contribution in [0.3, 0.4) is 0 Å². The minimum absolute atomic E-state index is 0.00573. The van der Waals surface area contributed by atoms with E-state index in [4.69, 9.17) is 4.74 Å². The molecule has 4 aliphatic heterocycles. The van der Waals surface area contributed by atoms with Crippen LogP contribution in [0, 0.1) is 17.1 Å². The van der Waals surface area contributed by atoms with E-state index in [1.54, 1.807) is 6.20 Å². The fraction of sp³-hybridized carbons (Fsp3) is 0.486. The summed E-state index contributed by atoms with van der Waals surface area (Å²) in [7, 11) is 0. The molecule has 4 fully saturated rings. The zero-order valence-electron chi connectivity index (χ0n) is 25.6. The standard InChI is InChI=1S/C35H35F3N6O2/c1-20(36)34(45)43-13-10-27-28(43)18-44(27)32-25(15-39)33(46-19-35-11-5-12-42(35)17-22(37)14-35)41-31-26(32)16-40-30(29(31)38)24-9-4-7-21-6-2-3-8-23(21)24/h4,7,9,16,22,27-28H,1-3,5-6,8,10-14,17-19H2/t22-,27-,28-,35+/m1/s1. The average Bonchev–Trinajstić information content (AvgIpc) is 3.69. The van der Waals surface area contributed by atoms with Crippen molar-refractivity contribution in [1.82, 2.24) is 19.8 Å². The summed E-state index contributed by atoms with van der Waals surface area (Å²) in [6.45, 7) is 5.13. The molecule has 0 unspecified atom stereocenters. The van der Waals surface area contributed by atoms with Crippen molar-refractivity contribution in [2.24, 2.45) is 0 Å². The molecular weight excluding hydrogens is 593 g/mol. The molecule has 0 radical (unpaired) electrons. The number of hydrogen-bond donors (Lipinski definition) is 0. The van der Waals surface area contributed by atoms with E-state index in [1.807, 2.05) is 17.0 Å². The first kappa shape index (κ1) is 29.2. The number of alkyl halides is 1. The van der Waals surface area contributed by atoms with E-state index in [2.05, 4.69) is 33.6 Å². The van der Waals surface area contributed by atoms with Gasteiger partial charge in [0.15, 0.2) is 11.6 Å². The highest BCUT2D eigenvalue weighted by Crippen LogP contribution is 2.46. The summed E-state index contributed by atoms with van der Waals surface area (Å²) in [4.78, 5) is 27.3. The number of anilines is 1. The Hall–Kier alpha value is -4.17. The number of carbonyl (C=O) groups is 1. The number of rotatable bonds is 6. The van der Waals surface area contributed by atoms with Gasteiger partial charge in [0.1, 0.15) is 35.6 Å². The highest BCUT2D eigenvalue weighted by atomic mass is 19.1. The number of fused-ring (bicyclic) bond motifs is 4. The Kier molecular flexibility index (Phi) is 6.98. The summed E-state index contributed by atoms with van der Waals surface area (Å²) in [6.07, 6.45) is 7.13. The predicted octanol–water partition coefficient (Wildman–Crippen LogP) is 5.41. The van der Waals surface area contributed by atoms with Crippen LogP contribution in [-0.4, -0.2) is 82.3 Å². The molecule has 46 heavy (non-hydrogen) atoms. The SMILES string of the molecule is C=C(F)C(=O)N1CC[C@@H]2[C@H]1CN2c1c(C#N)c(OC[C@@]23CCCN2C[C@H](F)C3)nc2c(F)c(-c3cccc4c3CCCC4)ncc12. The minimum atomic E-state index is -1.01. The molecule has 238 valence electrons. The largest absolute Gasteiger partial charge is 0.475 e. The van der Waals surface area contributed by atoms with Crippen LogP contribution >= 0.6 is 0 Å². The number of benzene rings is 1. The summed E-state index contributed by atoms with van der Waals surface area (Å²) >= 11 is 0. The van der Waals surface area contributed by atoms with Crippen LogP contribution in [0.2, 0.25) is 0 Å². The van der Waals surface area contributed by atoms with Gasteiger partial charge in [-0.05, 0) is 62.6 Å². The second-order valence-corrected chi connectivity index (χ2v) is 13.4. The Labute approximate surface area is 265 Å². The Morgan fingerprint density at radius 1 is 1.17 bits per heavy atom. The second-order valence-electron chi connectivity index (χ2n) is 13.4. The van der Waals surface area contributed by atoms with Gasteiger partial charge in [0.25, 0.3) is 5.91 Å². The maximum absolute atomic E-state index is 16.8. The topological polar surface area (TPSA) is 85.6 Å². The molecule has 5 aliphatic rings. The van der Waals surface area contributed by atoms with Gasteiger partial charge in [-0.25, -0.2) is 18.2 Å². The summed E-state index contributed by atoms with van der Waals surface area (Å²) in [6, 6.07) is 7.71. The third-order valence-corrected chi connectivity index (χ3v) is 11.0. The third-order valence-electron chi connectivity index (χ3n) is 11.0. The maximum Gasteiger partial charge on any atom is 0.282 e. The zero-order chi connectivity index (χ0) is 31.7. The van der Waals surface area contributed by atoms with E-state index in [1.165, 1.54) is 10.5 Å². The lowest BCUT2D eigenvalue weighted by atomic mass is 9.87. The molecule has 3 aromatic rings. The van der Waals surface area contributed by atoms with Crippen molar-refractivity contribution in [3.05, 3.63) is 59.3 Å². The van der Waals surface area contributed by atoms with Gasteiger partial charge in [-0.2, -0.15) is 5.26 Å². The molecule has 0 bridgehead atoms. The van der Waals surface area contributed by atoms with Crippen molar-refractivity contribution in [1.29, 1.82) is 5.26 Å². The van der Waals surface area contributed by atoms with Crippen LogP contribution in [0.15, 0.2) is 36.8 Å². The molecule has 11 heteroatoms. The van der Waals surface area contributed by atoms with Crippen molar-refractivity contribution in [2.45, 2.75) is 75.2 Å². The molecule has 0 spiro atoms. The van der Waals surface area contributed by atoms with Gasteiger partial charge in [0.05, 0.1) is 23.3 Å². The summed E-state index contributed by atoms with van der Waals surface area (Å²) < 4.78 is 51.5. The smallest absolute Gasteiger partial charge is 0.282 e. The monoisotopic (exact) mass is 628 g/mol. The van der Waals surface area contributed by atoms with Gasteiger partial charge in [-0.3, -0.25) is 14.7 Å². The number of hydrogen-bond acceptors (Lipinski definition) is 7. The normalized spacial score (nSPS) is 26.8. The molecule has 4 atom stereocenters. The van der Waals surface area contributed by atoms with Crippen molar-refractivity contribution >= 4 is 22.5 Å². The quantitative estimate of drug-likeness (QED) is 0.338. The number of pyridine rings is 2. The summed E-state index contributed by atoms with van der Waals surface area (Å²) in [5.74, 6) is -2.33. The first-order valence-corrected chi connectivity index (χ1v) is 16.3. The number of likely N-dealkylation sites (tertiary alicyclic amines) is 1. The maximum atomic E-state index is 16.8. The molecule has 6 heterocycles. The van der Waals surface area contributed by atoms with Gasteiger partial charge in [0, 0.05) is 43.2 Å². The molecule has 1 amide bonds. The molecule has 4 saturated heterocycles. The van der Waals surface area contributed by atoms with E-state index in [0.717, 1.165) is 56.2 Å². The molecular formula is C35H35F3N6O2. The number of carbonyl (C=O) groups excluding carboxylic acids is 1. The molecule has 0 N–H and O–H groups in total.